The van der Waals surface area contributed by atoms with E-state index < -0.39 is 0 Å². The van der Waals surface area contributed by atoms with Gasteiger partial charge < -0.3 is 4.57 Å². The molecule has 0 aliphatic heterocycles. The highest BCUT2D eigenvalue weighted by Crippen LogP contribution is 2.27. The van der Waals surface area contributed by atoms with Crippen LogP contribution in [0.15, 0.2) is 11.2 Å². The van der Waals surface area contributed by atoms with Crippen LogP contribution < -0.4 is 0 Å². The van der Waals surface area contributed by atoms with Gasteiger partial charge in [-0.3, -0.25) is 5.10 Å². The van der Waals surface area contributed by atoms with E-state index in [0.717, 1.165) is 23.7 Å². The Hall–Kier alpha value is -1.69. The number of nitrogens with zero attached hydrogens (tertiary/aromatic N) is 4. The summed E-state index contributed by atoms with van der Waals surface area (Å²) in [6.45, 7) is 8.70. The van der Waals surface area contributed by atoms with Crippen molar-refractivity contribution in [3.63, 3.8) is 0 Å². The van der Waals surface area contributed by atoms with E-state index in [4.69, 9.17) is 12.2 Å². The molecule has 142 valence electrons. The smallest absolute Gasteiger partial charge is 0.216 e. The highest BCUT2D eigenvalue weighted by molar-refractivity contribution is 7.71. The molecule has 1 aliphatic rings. The van der Waals surface area contributed by atoms with Crippen LogP contribution in [-0.4, -0.2) is 25.7 Å². The summed E-state index contributed by atoms with van der Waals surface area (Å²) in [6, 6.07) is 2.63. The molecule has 0 unspecified atom stereocenters. The van der Waals surface area contributed by atoms with E-state index in [1.54, 1.807) is 4.68 Å². The maximum Gasteiger partial charge on any atom is 0.216 e. The number of aromatic nitrogens is 4. The third-order valence-electron chi connectivity index (χ3n) is 5.57. The van der Waals surface area contributed by atoms with Crippen LogP contribution in [0.5, 0.6) is 0 Å². The number of hydrogen-bond donors (Lipinski definition) is 1. The molecule has 0 amide bonds. The average molecular weight is 374 g/mol. The van der Waals surface area contributed by atoms with E-state index >= 15 is 0 Å². The molecule has 1 N–H and O–H groups in total. The fourth-order valence-corrected chi connectivity index (χ4v) is 4.46. The van der Waals surface area contributed by atoms with Gasteiger partial charge in [0.05, 0.1) is 6.21 Å². The molecule has 26 heavy (non-hydrogen) atoms. The Balaban J connectivity index is 1.75. The monoisotopic (exact) mass is 373 g/mol. The second kappa shape index (κ2) is 8.33. The van der Waals surface area contributed by atoms with Crippen molar-refractivity contribution in [3.8, 4) is 0 Å². The van der Waals surface area contributed by atoms with Crippen LogP contribution in [0.3, 0.4) is 0 Å². The number of hydrogen-bond acceptors (Lipinski definition) is 3. The van der Waals surface area contributed by atoms with Gasteiger partial charge in [-0.1, -0.05) is 32.1 Å². The summed E-state index contributed by atoms with van der Waals surface area (Å²) in [5.74, 6) is 1.77. The molecule has 3 rings (SSSR count). The summed E-state index contributed by atoms with van der Waals surface area (Å²) in [4.78, 5) is 0. The largest absolute Gasteiger partial charge is 0.346 e. The molecular weight excluding hydrogens is 342 g/mol. The van der Waals surface area contributed by atoms with E-state index in [1.165, 1.54) is 49.9 Å². The normalized spacial score (nSPS) is 16.2. The first kappa shape index (κ1) is 19.1. The summed E-state index contributed by atoms with van der Waals surface area (Å²) < 4.78 is 4.69. The van der Waals surface area contributed by atoms with Gasteiger partial charge >= 0.3 is 0 Å². The lowest BCUT2D eigenvalue weighted by Crippen LogP contribution is -2.09. The molecule has 0 bridgehead atoms. The summed E-state index contributed by atoms with van der Waals surface area (Å²) >= 11 is 5.39. The second-order valence-corrected chi connectivity index (χ2v) is 8.22. The van der Waals surface area contributed by atoms with Crippen LogP contribution in [0, 0.1) is 24.5 Å². The molecule has 1 aliphatic carbocycles. The summed E-state index contributed by atoms with van der Waals surface area (Å²) in [5.41, 5.74) is 3.63. The number of aryl methyl sites for hydroxylation is 2. The Bertz CT molecular complexity index is 818. The molecule has 0 spiro atoms. The Morgan fingerprint density at radius 3 is 2.69 bits per heavy atom. The molecule has 2 aromatic rings. The van der Waals surface area contributed by atoms with Gasteiger partial charge in [0.15, 0.2) is 5.82 Å². The van der Waals surface area contributed by atoms with Crippen LogP contribution in [-0.2, 0) is 6.42 Å². The third-order valence-corrected chi connectivity index (χ3v) is 5.83. The highest BCUT2D eigenvalue weighted by Gasteiger charge is 2.15. The van der Waals surface area contributed by atoms with Crippen LogP contribution in [0.25, 0.3) is 0 Å². The minimum Gasteiger partial charge on any atom is -0.346 e. The fraction of sp³-hybridized carbons (Fsp3) is 0.650. The molecule has 1 fully saturated rings. The van der Waals surface area contributed by atoms with E-state index in [2.05, 4.69) is 53.6 Å². The maximum atomic E-state index is 5.39. The van der Waals surface area contributed by atoms with Gasteiger partial charge in [0.2, 0.25) is 4.77 Å². The van der Waals surface area contributed by atoms with Gasteiger partial charge in [-0.15, -0.1) is 0 Å². The van der Waals surface area contributed by atoms with Gasteiger partial charge in [0.25, 0.3) is 0 Å². The minimum absolute atomic E-state index is 0.444. The first-order valence-electron chi connectivity index (χ1n) is 9.86. The number of H-pyrrole nitrogens is 1. The molecule has 0 aromatic carbocycles. The summed E-state index contributed by atoms with van der Waals surface area (Å²) in [5, 5.41) is 12.0. The second-order valence-electron chi connectivity index (χ2n) is 7.83. The van der Waals surface area contributed by atoms with Crippen LogP contribution in [0.1, 0.15) is 81.2 Å². The lowest BCUT2D eigenvalue weighted by atomic mass is 9.86. The number of aromatic amines is 1. The lowest BCUT2D eigenvalue weighted by molar-refractivity contribution is 0.336. The molecule has 0 atom stereocenters. The Morgan fingerprint density at radius 1 is 1.31 bits per heavy atom. The zero-order chi connectivity index (χ0) is 18.7. The molecule has 1 saturated carbocycles. The molecule has 6 heteroatoms. The maximum absolute atomic E-state index is 5.39. The molecule has 2 heterocycles. The van der Waals surface area contributed by atoms with E-state index in [0.29, 0.717) is 10.8 Å². The standard InChI is InChI=1S/C20H31N5S/c1-14(2)24-15(3)12-18(16(24)4)13-21-25-19(22-23-20(25)26)11-10-17-8-6-5-7-9-17/h12-14,17H,5-11H2,1-4H3,(H,23,26)/b21-13-. The number of nitrogens with one attached hydrogen (secondary N) is 1. The van der Waals surface area contributed by atoms with E-state index in [9.17, 15) is 0 Å². The SMILES string of the molecule is Cc1cc(/C=N\n2c(CCC3CCCCC3)n[nH]c2=S)c(C)n1C(C)C. The van der Waals surface area contributed by atoms with Crippen molar-refractivity contribution < 1.29 is 0 Å². The van der Waals surface area contributed by atoms with Crippen molar-refractivity contribution in [3.05, 3.63) is 33.6 Å². The Kier molecular flexibility index (Phi) is 6.12. The first-order chi connectivity index (χ1) is 12.5. The average Bonchev–Trinajstić information content (AvgIpc) is 3.11. The van der Waals surface area contributed by atoms with Gasteiger partial charge in [0.1, 0.15) is 0 Å². The zero-order valence-electron chi connectivity index (χ0n) is 16.5. The van der Waals surface area contributed by atoms with Crippen molar-refractivity contribution in [1.29, 1.82) is 0 Å². The van der Waals surface area contributed by atoms with Crippen molar-refractivity contribution in [1.82, 2.24) is 19.4 Å². The summed E-state index contributed by atoms with van der Waals surface area (Å²) in [6.07, 6.45) is 10.9. The van der Waals surface area contributed by atoms with Crippen molar-refractivity contribution >= 4 is 18.4 Å². The van der Waals surface area contributed by atoms with Gasteiger partial charge in [-0.05, 0) is 58.3 Å². The van der Waals surface area contributed by atoms with Gasteiger partial charge in [0, 0.05) is 29.4 Å². The Morgan fingerprint density at radius 2 is 2.04 bits per heavy atom. The molecule has 0 radical (unpaired) electrons. The minimum atomic E-state index is 0.444. The predicted octanol–water partition coefficient (Wildman–Crippen LogP) is 5.34. The van der Waals surface area contributed by atoms with Crippen LogP contribution in [0.2, 0.25) is 0 Å². The molecular formula is C20H31N5S. The van der Waals surface area contributed by atoms with Gasteiger partial charge in [-0.25, -0.2) is 0 Å². The molecule has 5 nitrogen and oxygen atoms in total. The predicted molar refractivity (Wildman–Crippen MR) is 110 cm³/mol. The highest BCUT2D eigenvalue weighted by atomic mass is 32.1. The van der Waals surface area contributed by atoms with Crippen LogP contribution in [0.4, 0.5) is 0 Å². The lowest BCUT2D eigenvalue weighted by Gasteiger charge is -2.20. The summed E-state index contributed by atoms with van der Waals surface area (Å²) in [7, 11) is 0. The fourth-order valence-electron chi connectivity index (χ4n) is 4.26. The molecule has 2 aromatic heterocycles. The van der Waals surface area contributed by atoms with E-state index in [1.807, 2.05) is 6.21 Å². The number of rotatable bonds is 6. The van der Waals surface area contributed by atoms with Crippen LogP contribution >= 0.6 is 12.2 Å². The van der Waals surface area contributed by atoms with Crippen molar-refractivity contribution in [2.75, 3.05) is 0 Å². The topological polar surface area (TPSA) is 50.9 Å². The van der Waals surface area contributed by atoms with Crippen molar-refractivity contribution in [2.45, 2.75) is 78.7 Å². The quantitative estimate of drug-likeness (QED) is 0.549. The Labute approximate surface area is 161 Å². The molecule has 0 saturated heterocycles. The van der Waals surface area contributed by atoms with Gasteiger partial charge in [-0.2, -0.15) is 14.9 Å². The van der Waals surface area contributed by atoms with Crippen molar-refractivity contribution in [2.24, 2.45) is 11.0 Å². The van der Waals surface area contributed by atoms with E-state index in [-0.39, 0.29) is 0 Å². The zero-order valence-corrected chi connectivity index (χ0v) is 17.3. The first-order valence-corrected chi connectivity index (χ1v) is 10.3. The third kappa shape index (κ3) is 4.17.